The Kier molecular flexibility index (Phi) is 5.16. The van der Waals surface area contributed by atoms with Crippen LogP contribution in [-0.2, 0) is 18.3 Å². The van der Waals surface area contributed by atoms with Crippen LogP contribution in [0.4, 0.5) is 0 Å². The molecule has 0 spiro atoms. The van der Waals surface area contributed by atoms with Crippen molar-refractivity contribution in [2.45, 2.75) is 25.5 Å². The van der Waals surface area contributed by atoms with Crippen molar-refractivity contribution < 1.29 is 4.74 Å². The molecule has 1 unspecified atom stereocenters. The molecule has 2 rings (SSSR count). The summed E-state index contributed by atoms with van der Waals surface area (Å²) in [5, 5.41) is 7.64. The fourth-order valence-electron chi connectivity index (χ4n) is 2.28. The lowest BCUT2D eigenvalue weighted by Crippen LogP contribution is -2.33. The van der Waals surface area contributed by atoms with Gasteiger partial charge in [-0.25, -0.2) is 0 Å². The Labute approximate surface area is 109 Å². The minimum Gasteiger partial charge on any atom is -0.377 e. The second kappa shape index (κ2) is 6.87. The zero-order chi connectivity index (χ0) is 12.8. The van der Waals surface area contributed by atoms with Crippen molar-refractivity contribution >= 4 is 0 Å². The molecule has 0 saturated carbocycles. The fraction of sp³-hybridized carbons (Fsp3) is 0.769. The van der Waals surface area contributed by atoms with Crippen LogP contribution in [0.2, 0.25) is 0 Å². The smallest absolute Gasteiger partial charge is 0.0700 e. The number of likely N-dealkylation sites (N-methyl/N-ethyl adjacent to an activating group) is 1. The van der Waals surface area contributed by atoms with Crippen LogP contribution in [0.3, 0.4) is 0 Å². The number of aryl methyl sites for hydroxylation is 1. The molecule has 1 aromatic rings. The van der Waals surface area contributed by atoms with Gasteiger partial charge in [-0.15, -0.1) is 0 Å². The number of hydrogen-bond acceptors (Lipinski definition) is 4. The van der Waals surface area contributed by atoms with Crippen molar-refractivity contribution in [3.05, 3.63) is 18.0 Å². The van der Waals surface area contributed by atoms with E-state index >= 15 is 0 Å². The lowest BCUT2D eigenvalue weighted by molar-refractivity contribution is 0.109. The van der Waals surface area contributed by atoms with Gasteiger partial charge in [-0.3, -0.25) is 4.68 Å². The van der Waals surface area contributed by atoms with Crippen molar-refractivity contribution in [3.63, 3.8) is 0 Å². The first-order valence-corrected chi connectivity index (χ1v) is 6.72. The largest absolute Gasteiger partial charge is 0.377 e. The van der Waals surface area contributed by atoms with E-state index in [9.17, 15) is 0 Å². The highest BCUT2D eigenvalue weighted by Crippen LogP contribution is 2.10. The van der Waals surface area contributed by atoms with Gasteiger partial charge in [0.2, 0.25) is 0 Å². The van der Waals surface area contributed by atoms with E-state index in [1.165, 1.54) is 18.4 Å². The van der Waals surface area contributed by atoms with Crippen molar-refractivity contribution in [1.82, 2.24) is 20.0 Å². The second-order valence-electron chi connectivity index (χ2n) is 5.10. The van der Waals surface area contributed by atoms with E-state index in [0.29, 0.717) is 6.10 Å². The quantitative estimate of drug-likeness (QED) is 0.723. The van der Waals surface area contributed by atoms with Gasteiger partial charge >= 0.3 is 0 Å². The SMILES string of the molecule is CN(CCNCC1CCCO1)Cc1cnn(C)c1. The van der Waals surface area contributed by atoms with Crippen molar-refractivity contribution in [2.75, 3.05) is 33.3 Å². The van der Waals surface area contributed by atoms with Crippen molar-refractivity contribution in [3.8, 4) is 0 Å². The van der Waals surface area contributed by atoms with Crippen molar-refractivity contribution in [1.29, 1.82) is 0 Å². The molecule has 1 aromatic heterocycles. The molecule has 1 N–H and O–H groups in total. The topological polar surface area (TPSA) is 42.3 Å². The predicted molar refractivity (Wildman–Crippen MR) is 71.4 cm³/mol. The summed E-state index contributed by atoms with van der Waals surface area (Å²) in [5.74, 6) is 0. The Balaban J connectivity index is 1.55. The second-order valence-corrected chi connectivity index (χ2v) is 5.10. The Morgan fingerprint density at radius 3 is 3.17 bits per heavy atom. The van der Waals surface area contributed by atoms with Gasteiger partial charge in [0.1, 0.15) is 0 Å². The van der Waals surface area contributed by atoms with Gasteiger partial charge in [0.25, 0.3) is 0 Å². The first-order chi connectivity index (χ1) is 8.74. The Hall–Kier alpha value is -0.910. The first kappa shape index (κ1) is 13.5. The van der Waals surface area contributed by atoms with E-state index in [-0.39, 0.29) is 0 Å². The Morgan fingerprint density at radius 2 is 2.50 bits per heavy atom. The minimum atomic E-state index is 0.439. The molecule has 2 heterocycles. The molecule has 0 radical (unpaired) electrons. The number of ether oxygens (including phenoxy) is 1. The molecule has 1 saturated heterocycles. The van der Waals surface area contributed by atoms with E-state index < -0.39 is 0 Å². The molecular formula is C13H24N4O. The first-order valence-electron chi connectivity index (χ1n) is 6.72. The highest BCUT2D eigenvalue weighted by Gasteiger charge is 2.14. The molecule has 1 aliphatic rings. The number of aromatic nitrogens is 2. The van der Waals surface area contributed by atoms with Crippen LogP contribution in [-0.4, -0.2) is 54.1 Å². The maximum atomic E-state index is 5.57. The van der Waals surface area contributed by atoms with E-state index in [1.54, 1.807) is 0 Å². The van der Waals surface area contributed by atoms with Crippen LogP contribution < -0.4 is 5.32 Å². The lowest BCUT2D eigenvalue weighted by atomic mass is 10.2. The maximum Gasteiger partial charge on any atom is 0.0700 e. The van der Waals surface area contributed by atoms with Gasteiger partial charge in [0.15, 0.2) is 0 Å². The summed E-state index contributed by atoms with van der Waals surface area (Å²) in [5.41, 5.74) is 1.26. The van der Waals surface area contributed by atoms with Gasteiger partial charge in [-0.2, -0.15) is 5.10 Å². The summed E-state index contributed by atoms with van der Waals surface area (Å²) in [4.78, 5) is 2.31. The molecule has 1 atom stereocenters. The average Bonchev–Trinajstić information content (AvgIpc) is 2.96. The molecule has 1 fully saturated rings. The van der Waals surface area contributed by atoms with Crippen LogP contribution in [0.25, 0.3) is 0 Å². The molecule has 0 aromatic carbocycles. The van der Waals surface area contributed by atoms with Crippen LogP contribution in [0.15, 0.2) is 12.4 Å². The van der Waals surface area contributed by atoms with Crippen LogP contribution >= 0.6 is 0 Å². The zero-order valence-electron chi connectivity index (χ0n) is 11.4. The molecule has 0 bridgehead atoms. The van der Waals surface area contributed by atoms with Gasteiger partial charge in [-0.1, -0.05) is 0 Å². The normalized spacial score (nSPS) is 19.8. The fourth-order valence-corrected chi connectivity index (χ4v) is 2.28. The Morgan fingerprint density at radius 1 is 1.61 bits per heavy atom. The minimum absolute atomic E-state index is 0.439. The summed E-state index contributed by atoms with van der Waals surface area (Å²) in [6, 6.07) is 0. The van der Waals surface area contributed by atoms with E-state index in [0.717, 1.165) is 32.8 Å². The molecular weight excluding hydrogens is 228 g/mol. The molecule has 5 nitrogen and oxygen atoms in total. The predicted octanol–water partition coefficient (Wildman–Crippen LogP) is 0.620. The number of nitrogens with zero attached hydrogens (tertiary/aromatic N) is 3. The molecule has 5 heteroatoms. The zero-order valence-corrected chi connectivity index (χ0v) is 11.4. The third-order valence-electron chi connectivity index (χ3n) is 3.28. The summed E-state index contributed by atoms with van der Waals surface area (Å²) in [6.07, 6.45) is 6.85. The highest BCUT2D eigenvalue weighted by molar-refractivity contribution is 5.02. The van der Waals surface area contributed by atoms with Crippen molar-refractivity contribution in [2.24, 2.45) is 7.05 Å². The third kappa shape index (κ3) is 4.40. The van der Waals surface area contributed by atoms with Crippen LogP contribution in [0.1, 0.15) is 18.4 Å². The van der Waals surface area contributed by atoms with E-state index in [2.05, 4.69) is 28.6 Å². The van der Waals surface area contributed by atoms with E-state index in [1.807, 2.05) is 17.9 Å². The summed E-state index contributed by atoms with van der Waals surface area (Å²) in [7, 11) is 4.09. The number of hydrogen-bond donors (Lipinski definition) is 1. The number of rotatable bonds is 7. The van der Waals surface area contributed by atoms with Gasteiger partial charge in [0, 0.05) is 51.6 Å². The van der Waals surface area contributed by atoms with Crippen LogP contribution in [0, 0.1) is 0 Å². The summed E-state index contributed by atoms with van der Waals surface area (Å²) < 4.78 is 7.42. The molecule has 102 valence electrons. The lowest BCUT2D eigenvalue weighted by Gasteiger charge is -2.17. The molecule has 1 aliphatic heterocycles. The maximum absolute atomic E-state index is 5.57. The Bertz CT molecular complexity index is 347. The third-order valence-corrected chi connectivity index (χ3v) is 3.28. The molecule has 18 heavy (non-hydrogen) atoms. The van der Waals surface area contributed by atoms with Gasteiger partial charge < -0.3 is 15.0 Å². The number of nitrogens with one attached hydrogen (secondary N) is 1. The molecule has 0 aliphatic carbocycles. The van der Waals surface area contributed by atoms with Gasteiger partial charge in [-0.05, 0) is 19.9 Å². The summed E-state index contributed by atoms with van der Waals surface area (Å²) >= 11 is 0. The van der Waals surface area contributed by atoms with Crippen LogP contribution in [0.5, 0.6) is 0 Å². The monoisotopic (exact) mass is 252 g/mol. The average molecular weight is 252 g/mol. The highest BCUT2D eigenvalue weighted by atomic mass is 16.5. The van der Waals surface area contributed by atoms with Gasteiger partial charge in [0.05, 0.1) is 12.3 Å². The van der Waals surface area contributed by atoms with E-state index in [4.69, 9.17) is 4.74 Å². The molecule has 0 amide bonds. The summed E-state index contributed by atoms with van der Waals surface area (Å²) in [6.45, 7) is 4.93. The standard InChI is InChI=1S/C13H24N4O/c1-16(10-12-8-15-17(2)11-12)6-5-14-9-13-4-3-7-18-13/h8,11,13-14H,3-7,9-10H2,1-2H3.